The molecule has 7 heavy (non-hydrogen) atoms. The molecule has 1 N–H and O–H groups in total. The molecule has 0 aromatic heterocycles. The van der Waals surface area contributed by atoms with Crippen LogP contribution in [0.4, 0.5) is 8.78 Å². The van der Waals surface area contributed by atoms with Crippen molar-refractivity contribution in [3.8, 4) is 0 Å². The highest BCUT2D eigenvalue weighted by Crippen LogP contribution is 2.01. The Labute approximate surface area is 40.3 Å². The van der Waals surface area contributed by atoms with Gasteiger partial charge >= 0.3 is 0 Å². The van der Waals surface area contributed by atoms with Crippen LogP contribution in [0.5, 0.6) is 0 Å². The van der Waals surface area contributed by atoms with Gasteiger partial charge in [0.15, 0.2) is 5.83 Å². The maximum atomic E-state index is 11.5. The molecule has 0 aromatic carbocycles. The minimum Gasteiger partial charge on any atom is -0.386 e. The van der Waals surface area contributed by atoms with Gasteiger partial charge in [-0.1, -0.05) is 0 Å². The van der Waals surface area contributed by atoms with Crippen molar-refractivity contribution < 1.29 is 13.9 Å². The van der Waals surface area contributed by atoms with Crippen LogP contribution in [0, 0.1) is 0 Å². The molecule has 0 amide bonds. The lowest BCUT2D eigenvalue weighted by molar-refractivity contribution is 0.198. The Hall–Kier alpha value is -0.440. The Kier molecular flexibility index (Phi) is 2.52. The fraction of sp³-hybridized carbons (Fsp3) is 0.500. The molecule has 1 atom stereocenters. The largest absolute Gasteiger partial charge is 0.386 e. The first kappa shape index (κ1) is 6.56. The summed E-state index contributed by atoms with van der Waals surface area (Å²) in [5.74, 6) is -1.14. The minimum atomic E-state index is -1.31. The zero-order valence-electron chi connectivity index (χ0n) is 3.86. The first-order valence-electron chi connectivity index (χ1n) is 1.82. The highest BCUT2D eigenvalue weighted by molar-refractivity contribution is 4.89. The van der Waals surface area contributed by atoms with Crippen molar-refractivity contribution >= 4 is 0 Å². The molecule has 0 rings (SSSR count). The summed E-state index contributed by atoms with van der Waals surface area (Å²) in [6, 6.07) is 0. The molecule has 0 aliphatic heterocycles. The van der Waals surface area contributed by atoms with E-state index in [-0.39, 0.29) is 6.33 Å². The molecule has 0 fully saturated rings. The van der Waals surface area contributed by atoms with E-state index in [1.807, 2.05) is 0 Å². The molecule has 3 heteroatoms. The van der Waals surface area contributed by atoms with Gasteiger partial charge in [0.1, 0.15) is 12.4 Å². The van der Waals surface area contributed by atoms with Crippen molar-refractivity contribution in [2.45, 2.75) is 13.0 Å². The third-order valence-electron chi connectivity index (χ3n) is 0.503. The standard InChI is InChI=1S/C4H6F2O/c1-3(7)4(6)2-5/h2-3,7H,1H3/b4-2-. The van der Waals surface area contributed by atoms with Crippen LogP contribution < -0.4 is 0 Å². The van der Waals surface area contributed by atoms with E-state index in [0.29, 0.717) is 0 Å². The summed E-state index contributed by atoms with van der Waals surface area (Å²) in [5.41, 5.74) is 0. The Morgan fingerprint density at radius 2 is 2.29 bits per heavy atom. The van der Waals surface area contributed by atoms with E-state index in [4.69, 9.17) is 5.11 Å². The number of aliphatic hydroxyl groups is 1. The Bertz CT molecular complexity index is 77.8. The first-order valence-corrected chi connectivity index (χ1v) is 1.82. The van der Waals surface area contributed by atoms with E-state index < -0.39 is 11.9 Å². The third-order valence-corrected chi connectivity index (χ3v) is 0.503. The smallest absolute Gasteiger partial charge is 0.156 e. The highest BCUT2D eigenvalue weighted by Gasteiger charge is 1.99. The van der Waals surface area contributed by atoms with Crippen molar-refractivity contribution in [2.24, 2.45) is 0 Å². The summed E-state index contributed by atoms with van der Waals surface area (Å²) in [6.45, 7) is 1.14. The SMILES string of the molecule is CC(O)/C(F)=C/F. The van der Waals surface area contributed by atoms with E-state index in [2.05, 4.69) is 0 Å². The number of halogens is 2. The molecule has 0 saturated heterocycles. The average Bonchev–Trinajstić information content (AvgIpc) is 1.65. The predicted molar refractivity (Wildman–Crippen MR) is 22.0 cm³/mol. The van der Waals surface area contributed by atoms with Gasteiger partial charge in [-0.15, -0.1) is 0 Å². The van der Waals surface area contributed by atoms with Gasteiger partial charge in [0, 0.05) is 0 Å². The minimum absolute atomic E-state index is 0.259. The van der Waals surface area contributed by atoms with Crippen LogP contribution in [-0.4, -0.2) is 11.2 Å². The molecule has 0 aromatic rings. The van der Waals surface area contributed by atoms with Gasteiger partial charge in [-0.05, 0) is 6.92 Å². The normalized spacial score (nSPS) is 16.9. The lowest BCUT2D eigenvalue weighted by Gasteiger charge is -1.93. The third kappa shape index (κ3) is 2.28. The topological polar surface area (TPSA) is 20.2 Å². The van der Waals surface area contributed by atoms with Crippen LogP contribution in [-0.2, 0) is 0 Å². The van der Waals surface area contributed by atoms with Gasteiger partial charge in [0.25, 0.3) is 0 Å². The molecule has 0 bridgehead atoms. The first-order chi connectivity index (χ1) is 3.18. The van der Waals surface area contributed by atoms with E-state index in [1.165, 1.54) is 0 Å². The molecule has 1 nitrogen and oxygen atoms in total. The van der Waals surface area contributed by atoms with Crippen molar-refractivity contribution in [1.82, 2.24) is 0 Å². The number of rotatable bonds is 1. The zero-order chi connectivity index (χ0) is 5.86. The fourth-order valence-electron chi connectivity index (χ4n) is 0.0912. The molecule has 0 saturated carbocycles. The summed E-state index contributed by atoms with van der Waals surface area (Å²) in [4.78, 5) is 0. The van der Waals surface area contributed by atoms with Crippen molar-refractivity contribution in [2.75, 3.05) is 0 Å². The highest BCUT2D eigenvalue weighted by atomic mass is 19.2. The van der Waals surface area contributed by atoms with Crippen LogP contribution in [0.25, 0.3) is 0 Å². The maximum absolute atomic E-state index is 11.5. The molecule has 0 heterocycles. The Balaban J connectivity index is 3.56. The van der Waals surface area contributed by atoms with Crippen molar-refractivity contribution in [3.05, 3.63) is 12.2 Å². The predicted octanol–water partition coefficient (Wildman–Crippen LogP) is 1.15. The van der Waals surface area contributed by atoms with Gasteiger partial charge in [-0.25, -0.2) is 8.78 Å². The second-order valence-corrected chi connectivity index (χ2v) is 1.17. The lowest BCUT2D eigenvalue weighted by Crippen LogP contribution is -1.97. The molecule has 0 radical (unpaired) electrons. The Morgan fingerprint density at radius 3 is 2.29 bits per heavy atom. The summed E-state index contributed by atoms with van der Waals surface area (Å²) >= 11 is 0. The van der Waals surface area contributed by atoms with Crippen LogP contribution >= 0.6 is 0 Å². The maximum Gasteiger partial charge on any atom is 0.156 e. The van der Waals surface area contributed by atoms with Gasteiger partial charge < -0.3 is 5.11 Å². The molecule has 1 unspecified atom stereocenters. The van der Waals surface area contributed by atoms with Gasteiger partial charge in [0.05, 0.1) is 0 Å². The number of hydrogen-bond acceptors (Lipinski definition) is 1. The summed E-state index contributed by atoms with van der Waals surface area (Å²) in [7, 11) is 0. The Morgan fingerprint density at radius 1 is 1.86 bits per heavy atom. The number of aliphatic hydroxyl groups excluding tert-OH is 1. The molecule has 42 valence electrons. The van der Waals surface area contributed by atoms with E-state index in [1.54, 1.807) is 0 Å². The van der Waals surface area contributed by atoms with Crippen LogP contribution in [0.2, 0.25) is 0 Å². The molecule has 0 aliphatic rings. The second kappa shape index (κ2) is 2.69. The quantitative estimate of drug-likeness (QED) is 0.534. The van der Waals surface area contributed by atoms with Crippen LogP contribution in [0.15, 0.2) is 12.2 Å². The molecule has 0 aliphatic carbocycles. The van der Waals surface area contributed by atoms with E-state index in [0.717, 1.165) is 6.92 Å². The van der Waals surface area contributed by atoms with Crippen molar-refractivity contribution in [3.63, 3.8) is 0 Å². The van der Waals surface area contributed by atoms with Gasteiger partial charge in [-0.3, -0.25) is 0 Å². The molecule has 0 spiro atoms. The number of hydrogen-bond donors (Lipinski definition) is 1. The molecular weight excluding hydrogens is 102 g/mol. The van der Waals surface area contributed by atoms with Crippen molar-refractivity contribution in [1.29, 1.82) is 0 Å². The second-order valence-electron chi connectivity index (χ2n) is 1.17. The van der Waals surface area contributed by atoms with Gasteiger partial charge in [0.2, 0.25) is 0 Å². The molecular formula is C4H6F2O. The monoisotopic (exact) mass is 108 g/mol. The summed E-state index contributed by atoms with van der Waals surface area (Å²) in [6.07, 6.45) is -1.57. The zero-order valence-corrected chi connectivity index (χ0v) is 3.86. The average molecular weight is 108 g/mol. The van der Waals surface area contributed by atoms with Crippen LogP contribution in [0.1, 0.15) is 6.92 Å². The summed E-state index contributed by atoms with van der Waals surface area (Å²) < 4.78 is 22.4. The fourth-order valence-corrected chi connectivity index (χ4v) is 0.0912. The van der Waals surface area contributed by atoms with E-state index >= 15 is 0 Å². The van der Waals surface area contributed by atoms with Gasteiger partial charge in [-0.2, -0.15) is 0 Å². The lowest BCUT2D eigenvalue weighted by atomic mass is 10.4. The van der Waals surface area contributed by atoms with Crippen LogP contribution in [0.3, 0.4) is 0 Å². The summed E-state index contributed by atoms with van der Waals surface area (Å²) in [5, 5.41) is 8.14. The van der Waals surface area contributed by atoms with E-state index in [9.17, 15) is 8.78 Å².